The van der Waals surface area contributed by atoms with Crippen molar-refractivity contribution >= 4 is 88.7 Å². The molecule has 0 unspecified atom stereocenters. The molecule has 0 N–H and O–H groups in total. The Morgan fingerprint density at radius 1 is 0.556 bits per heavy atom. The lowest BCUT2D eigenvalue weighted by Crippen LogP contribution is -2.60. The summed E-state index contributed by atoms with van der Waals surface area (Å²) < 4.78 is 2.71. The van der Waals surface area contributed by atoms with Crippen LogP contribution in [0.3, 0.4) is 0 Å². The molecular formula is C49H42BN3S. The van der Waals surface area contributed by atoms with Gasteiger partial charge in [-0.15, -0.1) is 11.3 Å². The first-order valence-electron chi connectivity index (χ1n) is 19.0. The number of nitrogens with zero attached hydrogens (tertiary/aromatic N) is 3. The summed E-state index contributed by atoms with van der Waals surface area (Å²) in [6.45, 7) is 13.8. The molecule has 0 saturated heterocycles. The van der Waals surface area contributed by atoms with Crippen LogP contribution >= 0.6 is 11.3 Å². The Hall–Kier alpha value is -5.65. The minimum absolute atomic E-state index is 0.0211. The zero-order valence-corrected chi connectivity index (χ0v) is 32.5. The second kappa shape index (κ2) is 11.9. The molecule has 0 fully saturated rings. The third-order valence-corrected chi connectivity index (χ3v) is 12.7. The van der Waals surface area contributed by atoms with Crippen LogP contribution in [0, 0.1) is 0 Å². The van der Waals surface area contributed by atoms with Gasteiger partial charge in [-0.2, -0.15) is 0 Å². The predicted octanol–water partition coefficient (Wildman–Crippen LogP) is 11.8. The van der Waals surface area contributed by atoms with Gasteiger partial charge in [-0.3, -0.25) is 4.98 Å². The van der Waals surface area contributed by atoms with E-state index in [0.29, 0.717) is 0 Å². The molecule has 5 heteroatoms. The highest BCUT2D eigenvalue weighted by Crippen LogP contribution is 2.49. The fraction of sp³-hybridized carbons (Fsp3) is 0.163. The van der Waals surface area contributed by atoms with Gasteiger partial charge >= 0.3 is 0 Å². The number of hydrogen-bond donors (Lipinski definition) is 0. The lowest BCUT2D eigenvalue weighted by molar-refractivity contribution is 0.590. The maximum absolute atomic E-state index is 4.53. The van der Waals surface area contributed by atoms with Crippen molar-refractivity contribution in [2.75, 3.05) is 9.80 Å². The zero-order valence-electron chi connectivity index (χ0n) is 31.7. The van der Waals surface area contributed by atoms with E-state index in [1.807, 2.05) is 23.7 Å². The molecule has 6 aromatic carbocycles. The van der Waals surface area contributed by atoms with Crippen molar-refractivity contribution in [1.29, 1.82) is 0 Å². The zero-order chi connectivity index (χ0) is 36.9. The van der Waals surface area contributed by atoms with Gasteiger partial charge in [0.1, 0.15) is 0 Å². The molecule has 0 bridgehead atoms. The highest BCUT2D eigenvalue weighted by molar-refractivity contribution is 7.33. The van der Waals surface area contributed by atoms with Gasteiger partial charge in [0.15, 0.2) is 0 Å². The van der Waals surface area contributed by atoms with Crippen LogP contribution in [0.15, 0.2) is 146 Å². The summed E-state index contributed by atoms with van der Waals surface area (Å²) in [7, 11) is 0. The summed E-state index contributed by atoms with van der Waals surface area (Å²) in [6, 6.07) is 50.1. The van der Waals surface area contributed by atoms with Crippen LogP contribution in [-0.4, -0.2) is 11.7 Å². The number of aromatic nitrogens is 1. The van der Waals surface area contributed by atoms with Gasteiger partial charge in [0.05, 0.1) is 5.69 Å². The summed E-state index contributed by atoms with van der Waals surface area (Å²) in [4.78, 5) is 9.59. The van der Waals surface area contributed by atoms with Crippen LogP contribution in [0.1, 0.15) is 52.7 Å². The summed E-state index contributed by atoms with van der Waals surface area (Å²) in [5, 5.41) is 3.68. The summed E-state index contributed by atoms with van der Waals surface area (Å²) >= 11 is 1.95. The van der Waals surface area contributed by atoms with E-state index in [1.165, 1.54) is 81.9 Å². The molecule has 2 aromatic heterocycles. The van der Waals surface area contributed by atoms with Crippen molar-refractivity contribution in [1.82, 2.24) is 4.98 Å². The lowest BCUT2D eigenvalue weighted by Gasteiger charge is -2.43. The second-order valence-electron chi connectivity index (χ2n) is 16.9. The number of rotatable bonds is 3. The molecule has 2 aliphatic rings. The topological polar surface area (TPSA) is 19.4 Å². The van der Waals surface area contributed by atoms with Crippen LogP contribution in [0.2, 0.25) is 0 Å². The summed E-state index contributed by atoms with van der Waals surface area (Å²) in [5.41, 5.74) is 15.2. The van der Waals surface area contributed by atoms with Crippen molar-refractivity contribution in [2.24, 2.45) is 0 Å². The maximum Gasteiger partial charge on any atom is 0.264 e. The third-order valence-electron chi connectivity index (χ3n) is 11.4. The average Bonchev–Trinajstić information content (AvgIpc) is 3.56. The van der Waals surface area contributed by atoms with Crippen molar-refractivity contribution < 1.29 is 0 Å². The molecule has 0 atom stereocenters. The van der Waals surface area contributed by atoms with Crippen LogP contribution in [0.4, 0.5) is 34.1 Å². The lowest BCUT2D eigenvalue weighted by atomic mass is 9.36. The van der Waals surface area contributed by atoms with Gasteiger partial charge in [-0.25, -0.2) is 0 Å². The van der Waals surface area contributed by atoms with Gasteiger partial charge in [0.2, 0.25) is 0 Å². The van der Waals surface area contributed by atoms with E-state index in [9.17, 15) is 0 Å². The van der Waals surface area contributed by atoms with Crippen LogP contribution in [0.25, 0.3) is 32.0 Å². The first-order chi connectivity index (χ1) is 26.1. The molecular weight excluding hydrogens is 673 g/mol. The van der Waals surface area contributed by atoms with Crippen LogP contribution in [-0.2, 0) is 10.8 Å². The van der Waals surface area contributed by atoms with Crippen molar-refractivity contribution in [3.05, 3.63) is 157 Å². The summed E-state index contributed by atoms with van der Waals surface area (Å²) in [6.07, 6.45) is 3.93. The molecule has 0 radical (unpaired) electrons. The number of hydrogen-bond acceptors (Lipinski definition) is 4. The Bertz CT molecular complexity index is 2750. The first-order valence-corrected chi connectivity index (χ1v) is 19.8. The van der Waals surface area contributed by atoms with Gasteiger partial charge in [-0.05, 0) is 98.6 Å². The Kier molecular flexibility index (Phi) is 7.28. The fourth-order valence-electron chi connectivity index (χ4n) is 8.64. The smallest absolute Gasteiger partial charge is 0.264 e. The number of anilines is 6. The van der Waals surface area contributed by atoms with Crippen molar-refractivity contribution in [2.45, 2.75) is 52.4 Å². The molecule has 262 valence electrons. The van der Waals surface area contributed by atoms with E-state index in [4.69, 9.17) is 0 Å². The van der Waals surface area contributed by atoms with E-state index in [0.717, 1.165) is 11.1 Å². The Labute approximate surface area is 322 Å². The standard InChI is InChI=1S/C49H42BN3S/c1-48(2,3)34-21-18-31(19-22-34)32-12-10-15-37(28-32)53-42-17-11-16-41-44(42)50(47-46(53)39-29-35(49(4,5)6)23-25-43(39)54-47)40-24-20-33-30-51-27-26-38(33)45(40)52(41)36-13-8-7-9-14-36/h7-30H,1-6H3. The van der Waals surface area contributed by atoms with Crippen LogP contribution in [0.5, 0.6) is 0 Å². The van der Waals surface area contributed by atoms with E-state index in [2.05, 4.69) is 190 Å². The highest BCUT2D eigenvalue weighted by Gasteiger charge is 2.45. The van der Waals surface area contributed by atoms with E-state index < -0.39 is 0 Å². The molecule has 2 aliphatic heterocycles. The minimum Gasteiger partial charge on any atom is -0.311 e. The Balaban J connectivity index is 1.27. The molecule has 0 aliphatic carbocycles. The Morgan fingerprint density at radius 3 is 1.98 bits per heavy atom. The van der Waals surface area contributed by atoms with Gasteiger partial charge in [0, 0.05) is 66.5 Å². The van der Waals surface area contributed by atoms with Gasteiger partial charge in [0.25, 0.3) is 6.71 Å². The minimum atomic E-state index is 0.0211. The fourth-order valence-corrected chi connectivity index (χ4v) is 9.94. The molecule has 4 heterocycles. The quantitative estimate of drug-likeness (QED) is 0.170. The van der Waals surface area contributed by atoms with Gasteiger partial charge < -0.3 is 9.80 Å². The molecule has 0 spiro atoms. The molecule has 8 aromatic rings. The van der Waals surface area contributed by atoms with Crippen molar-refractivity contribution in [3.8, 4) is 11.1 Å². The average molecular weight is 716 g/mol. The maximum atomic E-state index is 4.53. The molecule has 3 nitrogen and oxygen atoms in total. The van der Waals surface area contributed by atoms with Crippen molar-refractivity contribution in [3.63, 3.8) is 0 Å². The number of benzene rings is 6. The second-order valence-corrected chi connectivity index (χ2v) is 18.0. The molecule has 0 amide bonds. The van der Waals surface area contributed by atoms with Gasteiger partial charge in [-0.1, -0.05) is 120 Å². The first kappa shape index (κ1) is 33.0. The van der Waals surface area contributed by atoms with Crippen LogP contribution < -0.4 is 25.5 Å². The Morgan fingerprint density at radius 2 is 1.24 bits per heavy atom. The third kappa shape index (κ3) is 5.05. The number of thiophene rings is 1. The van der Waals surface area contributed by atoms with E-state index in [-0.39, 0.29) is 17.5 Å². The molecule has 0 saturated carbocycles. The number of para-hydroxylation sites is 1. The molecule has 10 rings (SSSR count). The number of pyridine rings is 1. The summed E-state index contributed by atoms with van der Waals surface area (Å²) in [5.74, 6) is 0. The molecule has 54 heavy (non-hydrogen) atoms. The monoisotopic (exact) mass is 715 g/mol. The number of fused-ring (bicyclic) bond motifs is 8. The van der Waals surface area contributed by atoms with E-state index >= 15 is 0 Å². The predicted molar refractivity (Wildman–Crippen MR) is 234 cm³/mol. The largest absolute Gasteiger partial charge is 0.311 e. The normalized spacial score (nSPS) is 13.6. The SMILES string of the molecule is CC(C)(C)c1ccc(-c2cccc(N3c4cccc5c4B(c4ccc6cnccc6c4N5c4ccccc4)c4sc5ccc(C(C)(C)C)cc5c43)c2)cc1. The van der Waals surface area contributed by atoms with E-state index in [1.54, 1.807) is 0 Å². The highest BCUT2D eigenvalue weighted by atomic mass is 32.1.